The Morgan fingerprint density at radius 1 is 0.969 bits per heavy atom. The lowest BCUT2D eigenvalue weighted by Gasteiger charge is -2.15. The molecule has 0 radical (unpaired) electrons. The third-order valence-corrected chi connectivity index (χ3v) is 6.89. The van der Waals surface area contributed by atoms with Gasteiger partial charge >= 0.3 is 0 Å². The average molecular weight is 473 g/mol. The largest absolute Gasteiger partial charge is 0.490 e. The first-order valence-corrected chi connectivity index (χ1v) is 11.9. The molecule has 3 aromatic carbocycles. The molecule has 0 bridgehead atoms. The fourth-order valence-corrected chi connectivity index (χ4v) is 4.67. The van der Waals surface area contributed by atoms with E-state index in [0.29, 0.717) is 22.0 Å². The molecule has 6 nitrogen and oxygen atoms in total. The Bertz CT molecular complexity index is 1240. The fraction of sp³-hybridized carbons (Fsp3) is 0.208. The molecule has 0 aliphatic rings. The number of hydrogen-bond donors (Lipinski definition) is 2. The first-order chi connectivity index (χ1) is 15.2. The van der Waals surface area contributed by atoms with Crippen LogP contribution in [0.15, 0.2) is 65.6 Å². The van der Waals surface area contributed by atoms with Crippen molar-refractivity contribution in [1.82, 2.24) is 5.32 Å². The third kappa shape index (κ3) is 5.60. The monoisotopic (exact) mass is 472 g/mol. The smallest absolute Gasteiger partial charge is 0.262 e. The Kier molecular flexibility index (Phi) is 7.43. The Labute approximate surface area is 193 Å². The molecule has 0 saturated carbocycles. The molecule has 0 fully saturated rings. The van der Waals surface area contributed by atoms with Gasteiger partial charge < -0.3 is 10.1 Å². The van der Waals surface area contributed by atoms with Gasteiger partial charge in [-0.15, -0.1) is 0 Å². The summed E-state index contributed by atoms with van der Waals surface area (Å²) in [6.07, 6.45) is 0. The second-order valence-electron chi connectivity index (χ2n) is 7.37. The van der Waals surface area contributed by atoms with E-state index in [1.54, 1.807) is 55.5 Å². The summed E-state index contributed by atoms with van der Waals surface area (Å²) in [6.45, 7) is 5.92. The quantitative estimate of drug-likeness (QED) is 0.458. The van der Waals surface area contributed by atoms with Crippen LogP contribution in [0.2, 0.25) is 5.02 Å². The van der Waals surface area contributed by atoms with Crippen LogP contribution in [-0.2, 0) is 10.0 Å². The highest BCUT2D eigenvalue weighted by Crippen LogP contribution is 2.25. The second kappa shape index (κ2) is 10.1. The van der Waals surface area contributed by atoms with Crippen molar-refractivity contribution in [1.29, 1.82) is 0 Å². The van der Waals surface area contributed by atoms with E-state index in [1.807, 2.05) is 19.9 Å². The van der Waals surface area contributed by atoms with Crippen LogP contribution < -0.4 is 14.8 Å². The number of amides is 1. The number of carbonyl (C=O) groups excluding carboxylic acids is 1. The van der Waals surface area contributed by atoms with Crippen LogP contribution in [0.4, 0.5) is 5.69 Å². The number of hydrogen-bond acceptors (Lipinski definition) is 4. The maximum Gasteiger partial charge on any atom is 0.262 e. The maximum atomic E-state index is 13.0. The zero-order valence-electron chi connectivity index (χ0n) is 18.1. The number of para-hydroxylation sites is 1. The number of rotatable bonds is 8. The minimum Gasteiger partial charge on any atom is -0.490 e. The van der Waals surface area contributed by atoms with Gasteiger partial charge in [0.25, 0.3) is 15.9 Å². The summed E-state index contributed by atoms with van der Waals surface area (Å²) in [5.41, 5.74) is 3.13. The van der Waals surface area contributed by atoms with E-state index >= 15 is 0 Å². The van der Waals surface area contributed by atoms with Gasteiger partial charge in [0.05, 0.1) is 22.2 Å². The number of sulfonamides is 1. The lowest BCUT2D eigenvalue weighted by atomic mass is 10.1. The van der Waals surface area contributed by atoms with Crippen LogP contribution >= 0.6 is 11.6 Å². The van der Waals surface area contributed by atoms with Gasteiger partial charge in [0.2, 0.25) is 0 Å². The molecular formula is C24H25ClN2O4S. The molecule has 1 amide bonds. The lowest BCUT2D eigenvalue weighted by Crippen LogP contribution is -2.28. The number of aryl methyl sites for hydroxylation is 2. The van der Waals surface area contributed by atoms with E-state index in [9.17, 15) is 13.2 Å². The van der Waals surface area contributed by atoms with Gasteiger partial charge in [-0.25, -0.2) is 8.42 Å². The van der Waals surface area contributed by atoms with Crippen LogP contribution in [0.1, 0.15) is 27.0 Å². The van der Waals surface area contributed by atoms with Crippen molar-refractivity contribution in [3.63, 3.8) is 0 Å². The van der Waals surface area contributed by atoms with Crippen LogP contribution in [0.5, 0.6) is 5.75 Å². The van der Waals surface area contributed by atoms with Crippen LogP contribution in [0, 0.1) is 20.8 Å². The SMILES string of the molecule is Cc1ccc(C(=O)NCCOc2ccccc2Cl)cc1S(=O)(=O)Nc1cccc(C)c1C. The van der Waals surface area contributed by atoms with Crippen molar-refractivity contribution in [2.45, 2.75) is 25.7 Å². The number of nitrogens with one attached hydrogen (secondary N) is 2. The molecule has 32 heavy (non-hydrogen) atoms. The second-order valence-corrected chi connectivity index (χ2v) is 9.43. The topological polar surface area (TPSA) is 84.5 Å². The van der Waals surface area contributed by atoms with Crippen molar-refractivity contribution < 1.29 is 17.9 Å². The third-order valence-electron chi connectivity index (χ3n) is 5.07. The Hall–Kier alpha value is -3.03. The predicted molar refractivity (Wildman–Crippen MR) is 127 cm³/mol. The molecule has 0 aliphatic carbocycles. The standard InChI is InChI=1S/C24H25ClN2O4S/c1-16-7-6-9-21(18(16)3)27-32(29,30)23-15-19(12-11-17(23)2)24(28)26-13-14-31-22-10-5-4-8-20(22)25/h4-12,15,27H,13-14H2,1-3H3,(H,26,28). The zero-order valence-corrected chi connectivity index (χ0v) is 19.7. The summed E-state index contributed by atoms with van der Waals surface area (Å²) in [7, 11) is -3.87. The van der Waals surface area contributed by atoms with E-state index in [0.717, 1.165) is 11.1 Å². The van der Waals surface area contributed by atoms with E-state index in [2.05, 4.69) is 10.0 Å². The molecule has 0 unspecified atom stereocenters. The highest BCUT2D eigenvalue weighted by Gasteiger charge is 2.20. The van der Waals surface area contributed by atoms with Crippen molar-refractivity contribution >= 4 is 33.2 Å². The van der Waals surface area contributed by atoms with Crippen LogP contribution in [-0.4, -0.2) is 27.5 Å². The number of anilines is 1. The number of ether oxygens (including phenoxy) is 1. The van der Waals surface area contributed by atoms with Gasteiger partial charge in [0.15, 0.2) is 0 Å². The molecular weight excluding hydrogens is 448 g/mol. The van der Waals surface area contributed by atoms with Crippen molar-refractivity contribution in [2.75, 3.05) is 17.9 Å². The molecule has 0 saturated heterocycles. The van der Waals surface area contributed by atoms with Gasteiger partial charge in [0.1, 0.15) is 12.4 Å². The minimum atomic E-state index is -3.87. The molecule has 0 heterocycles. The van der Waals surface area contributed by atoms with Gasteiger partial charge in [-0.1, -0.05) is 41.9 Å². The summed E-state index contributed by atoms with van der Waals surface area (Å²) in [4.78, 5) is 12.6. The first-order valence-electron chi connectivity index (χ1n) is 10.0. The molecule has 0 aromatic heterocycles. The number of halogens is 1. The van der Waals surface area contributed by atoms with E-state index in [4.69, 9.17) is 16.3 Å². The molecule has 168 valence electrons. The number of benzene rings is 3. The fourth-order valence-electron chi connectivity index (χ4n) is 3.08. The maximum absolute atomic E-state index is 13.0. The summed E-state index contributed by atoms with van der Waals surface area (Å²) in [6, 6.07) is 17.1. The van der Waals surface area contributed by atoms with Crippen LogP contribution in [0.3, 0.4) is 0 Å². The zero-order chi connectivity index (χ0) is 23.3. The predicted octanol–water partition coefficient (Wildman–Crippen LogP) is 4.87. The van der Waals surface area contributed by atoms with Crippen molar-refractivity contribution in [2.24, 2.45) is 0 Å². The van der Waals surface area contributed by atoms with E-state index < -0.39 is 15.9 Å². The summed E-state index contributed by atoms with van der Waals surface area (Å²) >= 11 is 6.04. The van der Waals surface area contributed by atoms with Crippen molar-refractivity contribution in [3.05, 3.63) is 87.9 Å². The molecule has 0 spiro atoms. The molecule has 8 heteroatoms. The number of carbonyl (C=O) groups is 1. The Morgan fingerprint density at radius 3 is 2.47 bits per heavy atom. The molecule has 3 aromatic rings. The summed E-state index contributed by atoms with van der Waals surface area (Å²) < 4.78 is 34.3. The van der Waals surface area contributed by atoms with Gasteiger partial charge in [0, 0.05) is 5.56 Å². The van der Waals surface area contributed by atoms with Gasteiger partial charge in [-0.3, -0.25) is 9.52 Å². The summed E-state index contributed by atoms with van der Waals surface area (Å²) in [5.74, 6) is 0.139. The van der Waals surface area contributed by atoms with Gasteiger partial charge in [-0.2, -0.15) is 0 Å². The normalized spacial score (nSPS) is 11.1. The molecule has 3 rings (SSSR count). The highest BCUT2D eigenvalue weighted by molar-refractivity contribution is 7.92. The molecule has 2 N–H and O–H groups in total. The van der Waals surface area contributed by atoms with E-state index in [1.165, 1.54) is 6.07 Å². The Morgan fingerprint density at radius 2 is 1.72 bits per heavy atom. The minimum absolute atomic E-state index is 0.0540. The Balaban J connectivity index is 1.69. The first kappa shape index (κ1) is 23.6. The molecule has 0 atom stereocenters. The van der Waals surface area contributed by atoms with E-state index in [-0.39, 0.29) is 23.6 Å². The van der Waals surface area contributed by atoms with Crippen LogP contribution in [0.25, 0.3) is 0 Å². The highest BCUT2D eigenvalue weighted by atomic mass is 35.5. The average Bonchev–Trinajstić information content (AvgIpc) is 2.75. The molecule has 0 aliphatic heterocycles. The lowest BCUT2D eigenvalue weighted by molar-refractivity contribution is 0.0947. The van der Waals surface area contributed by atoms with Crippen molar-refractivity contribution in [3.8, 4) is 5.75 Å². The van der Waals surface area contributed by atoms with Gasteiger partial charge in [-0.05, 0) is 67.8 Å². The summed E-state index contributed by atoms with van der Waals surface area (Å²) in [5, 5.41) is 3.22.